The molecule has 2 aromatic rings. The second-order valence-corrected chi connectivity index (χ2v) is 7.18. The Hall–Kier alpha value is -2.02. The van der Waals surface area contributed by atoms with Crippen molar-refractivity contribution in [3.63, 3.8) is 0 Å². The van der Waals surface area contributed by atoms with Gasteiger partial charge in [0.1, 0.15) is 5.57 Å². The molecule has 0 radical (unpaired) electrons. The molecule has 0 aromatic heterocycles. The minimum Gasteiger partial charge on any atom is -0.298 e. The minimum atomic E-state index is -0.518. The lowest BCUT2D eigenvalue weighted by molar-refractivity contribution is -0.122. The highest BCUT2D eigenvalue weighted by Gasteiger charge is 2.35. The number of nitrogens with zero attached hydrogens (tertiary/aromatic N) is 1. The molecule has 0 spiro atoms. The average Bonchev–Trinajstić information content (AvgIpc) is 2.55. The molecule has 126 valence electrons. The minimum absolute atomic E-state index is 0.0123. The number of carbonyl (C=O) groups is 2. The molecule has 0 aliphatic carbocycles. The van der Waals surface area contributed by atoms with Crippen molar-refractivity contribution in [1.29, 1.82) is 0 Å². The molecule has 1 aliphatic rings. The predicted octanol–water partition coefficient (Wildman–Crippen LogP) is 4.24. The van der Waals surface area contributed by atoms with Gasteiger partial charge < -0.3 is 0 Å². The van der Waals surface area contributed by atoms with Gasteiger partial charge in [-0.25, -0.2) is 0 Å². The molecule has 2 amide bonds. The summed E-state index contributed by atoms with van der Waals surface area (Å²) in [5, 5.41) is 3.22. The molecular weight excluding hydrogens is 424 g/mol. The Bertz CT molecular complexity index is 925. The summed E-state index contributed by atoms with van der Waals surface area (Å²) in [4.78, 5) is 26.5. The molecular formula is C18H12BrClN2O2S. The molecule has 1 N–H and O–H groups in total. The van der Waals surface area contributed by atoms with Crippen LogP contribution in [-0.2, 0) is 9.59 Å². The zero-order chi connectivity index (χ0) is 18.1. The molecule has 4 nitrogen and oxygen atoms in total. The number of amides is 2. The summed E-state index contributed by atoms with van der Waals surface area (Å²) < 4.78 is 0.894. The molecule has 7 heteroatoms. The standard InChI is InChI=1S/C18H12BrClN2O2S/c1-10-8-12(19)4-7-15(10)22-17(24)14(16(23)21-18(22)25)9-11-2-5-13(20)6-3-11/h2-9H,1H3,(H,21,23,25)/b14-9+. The number of nitrogens with one attached hydrogen (secondary N) is 1. The van der Waals surface area contributed by atoms with Crippen LogP contribution >= 0.6 is 39.7 Å². The monoisotopic (exact) mass is 434 g/mol. The third kappa shape index (κ3) is 3.66. The zero-order valence-electron chi connectivity index (χ0n) is 13.0. The summed E-state index contributed by atoms with van der Waals surface area (Å²) in [7, 11) is 0. The van der Waals surface area contributed by atoms with E-state index in [1.54, 1.807) is 30.3 Å². The molecule has 1 saturated heterocycles. The Morgan fingerprint density at radius 1 is 1.16 bits per heavy atom. The van der Waals surface area contributed by atoms with Crippen LogP contribution in [0, 0.1) is 6.92 Å². The van der Waals surface area contributed by atoms with Crippen molar-refractivity contribution < 1.29 is 9.59 Å². The van der Waals surface area contributed by atoms with E-state index >= 15 is 0 Å². The van der Waals surface area contributed by atoms with Crippen molar-refractivity contribution in [2.24, 2.45) is 0 Å². The van der Waals surface area contributed by atoms with Crippen LogP contribution in [0.1, 0.15) is 11.1 Å². The van der Waals surface area contributed by atoms with Gasteiger partial charge in [-0.3, -0.25) is 19.8 Å². The number of rotatable bonds is 2. The van der Waals surface area contributed by atoms with Crippen LogP contribution in [0.3, 0.4) is 0 Å². The predicted molar refractivity (Wildman–Crippen MR) is 107 cm³/mol. The van der Waals surface area contributed by atoms with Gasteiger partial charge in [0.25, 0.3) is 11.8 Å². The van der Waals surface area contributed by atoms with Gasteiger partial charge in [-0.15, -0.1) is 0 Å². The maximum Gasteiger partial charge on any atom is 0.270 e. The first-order chi connectivity index (χ1) is 11.9. The number of thiocarbonyl (C=S) groups is 1. The van der Waals surface area contributed by atoms with Gasteiger partial charge in [-0.05, 0) is 66.7 Å². The van der Waals surface area contributed by atoms with E-state index in [4.69, 9.17) is 23.8 Å². The molecule has 0 unspecified atom stereocenters. The van der Waals surface area contributed by atoms with Gasteiger partial charge >= 0.3 is 0 Å². The lowest BCUT2D eigenvalue weighted by Gasteiger charge is -2.30. The van der Waals surface area contributed by atoms with Gasteiger partial charge in [0.2, 0.25) is 0 Å². The maximum atomic E-state index is 12.9. The van der Waals surface area contributed by atoms with Crippen molar-refractivity contribution >= 4 is 68.4 Å². The summed E-state index contributed by atoms with van der Waals surface area (Å²) >= 11 is 14.5. The normalized spacial score (nSPS) is 16.4. The Kier molecular flexibility index (Phi) is 5.03. The second kappa shape index (κ2) is 7.07. The van der Waals surface area contributed by atoms with E-state index in [9.17, 15) is 9.59 Å². The molecule has 25 heavy (non-hydrogen) atoms. The fourth-order valence-electron chi connectivity index (χ4n) is 2.47. The summed E-state index contributed by atoms with van der Waals surface area (Å²) in [6, 6.07) is 12.3. The number of hydrogen-bond donors (Lipinski definition) is 1. The van der Waals surface area contributed by atoms with Gasteiger partial charge in [0.15, 0.2) is 5.11 Å². The molecule has 1 aliphatic heterocycles. The van der Waals surface area contributed by atoms with Crippen molar-refractivity contribution in [3.05, 3.63) is 68.7 Å². The number of benzene rings is 2. The van der Waals surface area contributed by atoms with Gasteiger partial charge in [0, 0.05) is 9.50 Å². The van der Waals surface area contributed by atoms with Crippen molar-refractivity contribution in [2.75, 3.05) is 4.90 Å². The topological polar surface area (TPSA) is 49.4 Å². The summed E-state index contributed by atoms with van der Waals surface area (Å²) in [5.41, 5.74) is 2.19. The molecule has 0 bridgehead atoms. The quantitative estimate of drug-likeness (QED) is 0.436. The number of aryl methyl sites for hydroxylation is 1. The van der Waals surface area contributed by atoms with Crippen LogP contribution < -0.4 is 10.2 Å². The molecule has 2 aromatic carbocycles. The van der Waals surface area contributed by atoms with E-state index in [-0.39, 0.29) is 10.7 Å². The third-order valence-electron chi connectivity index (χ3n) is 3.68. The summed E-state index contributed by atoms with van der Waals surface area (Å²) in [6.45, 7) is 1.87. The Balaban J connectivity index is 2.03. The second-order valence-electron chi connectivity index (χ2n) is 5.44. The highest BCUT2D eigenvalue weighted by atomic mass is 79.9. The highest BCUT2D eigenvalue weighted by Crippen LogP contribution is 2.27. The van der Waals surface area contributed by atoms with Crippen LogP contribution in [0.5, 0.6) is 0 Å². The van der Waals surface area contributed by atoms with Crippen molar-refractivity contribution in [3.8, 4) is 0 Å². The fourth-order valence-corrected chi connectivity index (χ4v) is 3.35. The van der Waals surface area contributed by atoms with Crippen LogP contribution in [0.4, 0.5) is 5.69 Å². The first-order valence-electron chi connectivity index (χ1n) is 7.30. The molecule has 3 rings (SSSR count). The smallest absolute Gasteiger partial charge is 0.270 e. The van der Waals surface area contributed by atoms with E-state index in [1.165, 1.54) is 11.0 Å². The number of carbonyl (C=O) groups excluding carboxylic acids is 2. The van der Waals surface area contributed by atoms with Crippen molar-refractivity contribution in [2.45, 2.75) is 6.92 Å². The first kappa shape index (κ1) is 17.8. The van der Waals surface area contributed by atoms with Gasteiger partial charge in [-0.1, -0.05) is 39.7 Å². The largest absolute Gasteiger partial charge is 0.298 e. The lowest BCUT2D eigenvalue weighted by Crippen LogP contribution is -2.54. The Morgan fingerprint density at radius 3 is 2.48 bits per heavy atom. The molecule has 1 heterocycles. The van der Waals surface area contributed by atoms with E-state index in [1.807, 2.05) is 19.1 Å². The van der Waals surface area contributed by atoms with E-state index in [0.29, 0.717) is 16.3 Å². The highest BCUT2D eigenvalue weighted by molar-refractivity contribution is 9.10. The van der Waals surface area contributed by atoms with Crippen LogP contribution in [0.25, 0.3) is 6.08 Å². The van der Waals surface area contributed by atoms with E-state index in [0.717, 1.165) is 10.0 Å². The Morgan fingerprint density at radius 2 is 1.84 bits per heavy atom. The SMILES string of the molecule is Cc1cc(Br)ccc1N1C(=O)/C(=C/c2ccc(Cl)cc2)C(=O)NC1=S. The van der Waals surface area contributed by atoms with Crippen LogP contribution in [0.2, 0.25) is 5.02 Å². The average molecular weight is 436 g/mol. The lowest BCUT2D eigenvalue weighted by atomic mass is 10.1. The molecule has 0 atom stereocenters. The van der Waals surface area contributed by atoms with Crippen LogP contribution in [-0.4, -0.2) is 16.9 Å². The molecule has 1 fully saturated rings. The maximum absolute atomic E-state index is 12.9. The van der Waals surface area contributed by atoms with E-state index < -0.39 is 11.8 Å². The van der Waals surface area contributed by atoms with Gasteiger partial charge in [-0.2, -0.15) is 0 Å². The molecule has 0 saturated carbocycles. The fraction of sp³-hybridized carbons (Fsp3) is 0.0556. The number of halogens is 2. The first-order valence-corrected chi connectivity index (χ1v) is 8.88. The number of hydrogen-bond acceptors (Lipinski definition) is 3. The summed E-state index contributed by atoms with van der Waals surface area (Å²) in [5.74, 6) is -0.981. The van der Waals surface area contributed by atoms with Gasteiger partial charge in [0.05, 0.1) is 5.69 Å². The number of anilines is 1. The van der Waals surface area contributed by atoms with Crippen LogP contribution in [0.15, 0.2) is 52.5 Å². The zero-order valence-corrected chi connectivity index (χ0v) is 16.2. The summed E-state index contributed by atoms with van der Waals surface area (Å²) in [6.07, 6.45) is 1.52. The van der Waals surface area contributed by atoms with Crippen molar-refractivity contribution in [1.82, 2.24) is 5.32 Å². The third-order valence-corrected chi connectivity index (χ3v) is 4.71. The Labute approximate surface area is 163 Å². The van der Waals surface area contributed by atoms with E-state index in [2.05, 4.69) is 21.2 Å².